The molecule has 0 rings (SSSR count). The Balaban J connectivity index is 4.03. The average Bonchev–Trinajstić information content (AvgIpc) is 2.15. The highest BCUT2D eigenvalue weighted by atomic mass is 16.5. The Morgan fingerprint density at radius 1 is 1.50 bits per heavy atom. The Bertz CT molecular complexity index is 173. The lowest BCUT2D eigenvalue weighted by molar-refractivity contribution is -0.143. The van der Waals surface area contributed by atoms with Crippen LogP contribution in [0.4, 0.5) is 0 Å². The molecule has 0 aromatic rings. The molecular formula is C10H21NO3. The van der Waals surface area contributed by atoms with Gasteiger partial charge in [0.1, 0.15) is 5.60 Å². The molecule has 0 bridgehead atoms. The van der Waals surface area contributed by atoms with Crippen LogP contribution in [0, 0.1) is 0 Å². The van der Waals surface area contributed by atoms with Gasteiger partial charge in [-0.3, -0.25) is 4.79 Å². The quantitative estimate of drug-likeness (QED) is 0.574. The Kier molecular flexibility index (Phi) is 6.49. The maximum absolute atomic E-state index is 11.2. The maximum atomic E-state index is 11.2. The van der Waals surface area contributed by atoms with Gasteiger partial charge in [-0.25, -0.2) is 0 Å². The van der Waals surface area contributed by atoms with Crippen LogP contribution in [-0.2, 0) is 9.53 Å². The highest BCUT2D eigenvalue weighted by Crippen LogP contribution is 2.18. The first-order valence-electron chi connectivity index (χ1n) is 5.11. The Hall–Kier alpha value is -0.610. The molecule has 0 aromatic heterocycles. The summed E-state index contributed by atoms with van der Waals surface area (Å²) in [4.78, 5) is 11.2. The van der Waals surface area contributed by atoms with Crippen molar-refractivity contribution in [3.8, 4) is 0 Å². The second-order valence-electron chi connectivity index (χ2n) is 3.62. The van der Waals surface area contributed by atoms with Crippen molar-refractivity contribution in [3.05, 3.63) is 0 Å². The van der Waals surface area contributed by atoms with E-state index in [0.717, 1.165) is 12.8 Å². The van der Waals surface area contributed by atoms with E-state index in [4.69, 9.17) is 15.6 Å². The van der Waals surface area contributed by atoms with E-state index in [-0.39, 0.29) is 6.61 Å². The van der Waals surface area contributed by atoms with E-state index >= 15 is 0 Å². The molecule has 0 aliphatic heterocycles. The minimum Gasteiger partial charge on any atom is -0.396 e. The molecule has 0 saturated heterocycles. The van der Waals surface area contributed by atoms with Crippen molar-refractivity contribution < 1.29 is 14.6 Å². The van der Waals surface area contributed by atoms with Crippen LogP contribution in [0.3, 0.4) is 0 Å². The van der Waals surface area contributed by atoms with Crippen molar-refractivity contribution in [3.63, 3.8) is 0 Å². The minimum absolute atomic E-state index is 0.0720. The van der Waals surface area contributed by atoms with Crippen LogP contribution >= 0.6 is 0 Å². The zero-order valence-electron chi connectivity index (χ0n) is 9.08. The highest BCUT2D eigenvalue weighted by Gasteiger charge is 2.30. The summed E-state index contributed by atoms with van der Waals surface area (Å²) < 4.78 is 5.40. The molecule has 1 unspecified atom stereocenters. The molecule has 0 aromatic carbocycles. The Labute approximate surface area is 85.4 Å². The number of hydrogen-bond donors (Lipinski definition) is 2. The van der Waals surface area contributed by atoms with Gasteiger partial charge in [0.25, 0.3) is 0 Å². The lowest BCUT2D eigenvalue weighted by Crippen LogP contribution is -2.43. The second-order valence-corrected chi connectivity index (χ2v) is 3.62. The monoisotopic (exact) mass is 203 g/mol. The fraction of sp³-hybridized carbons (Fsp3) is 0.900. The number of carbonyl (C=O) groups is 1. The number of hydrogen-bond acceptors (Lipinski definition) is 3. The molecule has 0 aliphatic rings. The van der Waals surface area contributed by atoms with Gasteiger partial charge in [-0.1, -0.05) is 19.8 Å². The smallest absolute Gasteiger partial charge is 0.249 e. The zero-order valence-corrected chi connectivity index (χ0v) is 9.08. The molecule has 1 atom stereocenters. The number of nitrogens with two attached hydrogens (primary N) is 1. The van der Waals surface area contributed by atoms with Crippen molar-refractivity contribution in [2.45, 2.75) is 45.1 Å². The normalized spacial score (nSPS) is 15.1. The van der Waals surface area contributed by atoms with Crippen molar-refractivity contribution >= 4 is 5.91 Å². The predicted octanol–water partition coefficient (Wildman–Crippen LogP) is 0.820. The molecule has 0 fully saturated rings. The summed E-state index contributed by atoms with van der Waals surface area (Å²) in [5.41, 5.74) is 4.40. The van der Waals surface area contributed by atoms with Crippen molar-refractivity contribution in [1.29, 1.82) is 0 Å². The van der Waals surface area contributed by atoms with Gasteiger partial charge < -0.3 is 15.6 Å². The van der Waals surface area contributed by atoms with E-state index in [1.54, 1.807) is 6.92 Å². The molecule has 0 heterocycles. The Morgan fingerprint density at radius 2 is 2.14 bits per heavy atom. The molecule has 14 heavy (non-hydrogen) atoms. The van der Waals surface area contributed by atoms with Crippen LogP contribution in [-0.4, -0.2) is 29.8 Å². The molecule has 3 N–H and O–H groups in total. The number of rotatable bonds is 8. The number of carbonyl (C=O) groups excluding carboxylic acids is 1. The first-order chi connectivity index (χ1) is 6.56. The molecule has 4 nitrogen and oxygen atoms in total. The molecule has 0 spiro atoms. The third-order valence-electron chi connectivity index (χ3n) is 2.25. The van der Waals surface area contributed by atoms with Gasteiger partial charge >= 0.3 is 0 Å². The lowest BCUT2D eigenvalue weighted by Gasteiger charge is -2.26. The summed E-state index contributed by atoms with van der Waals surface area (Å²) in [6.07, 6.45) is 3.10. The van der Waals surface area contributed by atoms with E-state index in [1.807, 2.05) is 0 Å². The first-order valence-corrected chi connectivity index (χ1v) is 5.11. The summed E-state index contributed by atoms with van der Waals surface area (Å²) in [5.74, 6) is -0.427. The van der Waals surface area contributed by atoms with Gasteiger partial charge in [-0.05, 0) is 19.8 Å². The van der Waals surface area contributed by atoms with Gasteiger partial charge in [-0.15, -0.1) is 0 Å². The maximum Gasteiger partial charge on any atom is 0.249 e. The zero-order chi connectivity index (χ0) is 11.0. The number of aliphatic hydroxyl groups excluding tert-OH is 1. The number of amides is 1. The van der Waals surface area contributed by atoms with Crippen LogP contribution in [0.2, 0.25) is 0 Å². The van der Waals surface area contributed by atoms with Crippen LogP contribution in [0.25, 0.3) is 0 Å². The Morgan fingerprint density at radius 3 is 2.57 bits per heavy atom. The van der Waals surface area contributed by atoms with E-state index in [0.29, 0.717) is 19.4 Å². The van der Waals surface area contributed by atoms with E-state index in [9.17, 15) is 4.79 Å². The van der Waals surface area contributed by atoms with Crippen LogP contribution in [0.5, 0.6) is 0 Å². The van der Waals surface area contributed by atoms with Gasteiger partial charge in [0.05, 0.1) is 6.61 Å². The third-order valence-corrected chi connectivity index (χ3v) is 2.25. The van der Waals surface area contributed by atoms with Gasteiger partial charge in [0, 0.05) is 6.61 Å². The summed E-state index contributed by atoms with van der Waals surface area (Å²) >= 11 is 0. The first kappa shape index (κ1) is 13.4. The summed E-state index contributed by atoms with van der Waals surface area (Å²) in [6.45, 7) is 4.21. The minimum atomic E-state index is -0.870. The molecule has 1 amide bonds. The number of unbranched alkanes of at least 4 members (excludes halogenated alkanes) is 1. The van der Waals surface area contributed by atoms with Crippen molar-refractivity contribution in [2.24, 2.45) is 5.73 Å². The van der Waals surface area contributed by atoms with E-state index in [2.05, 4.69) is 6.92 Å². The molecule has 0 saturated carbocycles. The topological polar surface area (TPSA) is 72.6 Å². The standard InChI is InChI=1S/C10H21NO3/c1-3-4-6-10(2,9(11)13)14-8-5-7-12/h12H,3-8H2,1-2H3,(H2,11,13). The summed E-state index contributed by atoms with van der Waals surface area (Å²) in [5, 5.41) is 8.58. The molecular weight excluding hydrogens is 182 g/mol. The fourth-order valence-corrected chi connectivity index (χ4v) is 1.14. The summed E-state index contributed by atoms with van der Waals surface area (Å²) in [6, 6.07) is 0. The SMILES string of the molecule is CCCCC(C)(OCCCO)C(N)=O. The lowest BCUT2D eigenvalue weighted by atomic mass is 9.98. The predicted molar refractivity (Wildman–Crippen MR) is 54.8 cm³/mol. The fourth-order valence-electron chi connectivity index (χ4n) is 1.14. The molecule has 84 valence electrons. The highest BCUT2D eigenvalue weighted by molar-refractivity contribution is 5.82. The van der Waals surface area contributed by atoms with Gasteiger partial charge in [-0.2, -0.15) is 0 Å². The van der Waals surface area contributed by atoms with Gasteiger partial charge in [0.15, 0.2) is 0 Å². The number of ether oxygens (including phenoxy) is 1. The number of aliphatic hydroxyl groups is 1. The van der Waals surface area contributed by atoms with Crippen molar-refractivity contribution in [2.75, 3.05) is 13.2 Å². The van der Waals surface area contributed by atoms with Crippen LogP contribution in [0.15, 0.2) is 0 Å². The largest absolute Gasteiger partial charge is 0.396 e. The second kappa shape index (κ2) is 6.79. The molecule has 0 aliphatic carbocycles. The van der Waals surface area contributed by atoms with Crippen LogP contribution < -0.4 is 5.73 Å². The van der Waals surface area contributed by atoms with Crippen LogP contribution in [0.1, 0.15) is 39.5 Å². The molecule has 0 radical (unpaired) electrons. The summed E-state index contributed by atoms with van der Waals surface area (Å²) in [7, 11) is 0. The molecule has 4 heteroatoms. The van der Waals surface area contributed by atoms with E-state index in [1.165, 1.54) is 0 Å². The number of primary amides is 1. The average molecular weight is 203 g/mol. The van der Waals surface area contributed by atoms with Crippen molar-refractivity contribution in [1.82, 2.24) is 0 Å². The third kappa shape index (κ3) is 4.58. The van der Waals surface area contributed by atoms with Gasteiger partial charge in [0.2, 0.25) is 5.91 Å². The van der Waals surface area contributed by atoms with E-state index < -0.39 is 11.5 Å².